The molecule has 1 fully saturated rings. The minimum absolute atomic E-state index is 0.0443. The molecule has 0 saturated carbocycles. The molecule has 3 aromatic carbocycles. The van der Waals surface area contributed by atoms with Gasteiger partial charge in [0.15, 0.2) is 0 Å². The SMILES string of the molecule is Cc1cccc([C@@H]2C[C@@H](C(=O)Nc3ccccc3)CN(Cc3cccc(F)c3)C2)c1. The Morgan fingerprint density at radius 3 is 2.57 bits per heavy atom. The fourth-order valence-electron chi connectivity index (χ4n) is 4.33. The van der Waals surface area contributed by atoms with Crippen molar-refractivity contribution in [3.63, 3.8) is 0 Å². The molecule has 154 valence electrons. The summed E-state index contributed by atoms with van der Waals surface area (Å²) < 4.78 is 13.7. The van der Waals surface area contributed by atoms with Crippen LogP contribution in [0.2, 0.25) is 0 Å². The van der Waals surface area contributed by atoms with Gasteiger partial charge < -0.3 is 5.32 Å². The van der Waals surface area contributed by atoms with Crippen LogP contribution in [-0.4, -0.2) is 23.9 Å². The highest BCUT2D eigenvalue weighted by atomic mass is 19.1. The number of halogens is 1. The Bertz CT molecular complexity index is 1000. The van der Waals surface area contributed by atoms with Gasteiger partial charge in [-0.3, -0.25) is 9.69 Å². The number of anilines is 1. The van der Waals surface area contributed by atoms with E-state index in [0.717, 1.165) is 24.2 Å². The minimum Gasteiger partial charge on any atom is -0.326 e. The van der Waals surface area contributed by atoms with Crippen molar-refractivity contribution in [1.29, 1.82) is 0 Å². The number of carbonyl (C=O) groups excluding carboxylic acids is 1. The van der Waals surface area contributed by atoms with Gasteiger partial charge in [-0.25, -0.2) is 4.39 Å². The van der Waals surface area contributed by atoms with Crippen LogP contribution >= 0.6 is 0 Å². The predicted octanol–water partition coefficient (Wildman–Crippen LogP) is 5.38. The van der Waals surface area contributed by atoms with E-state index in [2.05, 4.69) is 41.4 Å². The average Bonchev–Trinajstić information content (AvgIpc) is 2.74. The Morgan fingerprint density at radius 2 is 1.80 bits per heavy atom. The number of hydrogen-bond donors (Lipinski definition) is 1. The second-order valence-electron chi connectivity index (χ2n) is 8.22. The Balaban J connectivity index is 1.55. The number of nitrogens with zero attached hydrogens (tertiary/aromatic N) is 1. The van der Waals surface area contributed by atoms with E-state index >= 15 is 0 Å². The summed E-state index contributed by atoms with van der Waals surface area (Å²) in [6.07, 6.45) is 0.807. The van der Waals surface area contributed by atoms with Crippen LogP contribution in [0, 0.1) is 18.7 Å². The molecular weight excluding hydrogens is 375 g/mol. The first-order valence-electron chi connectivity index (χ1n) is 10.5. The molecule has 3 nitrogen and oxygen atoms in total. The van der Waals surface area contributed by atoms with Crippen molar-refractivity contribution in [1.82, 2.24) is 4.90 Å². The van der Waals surface area contributed by atoms with Gasteiger partial charge >= 0.3 is 0 Å². The lowest BCUT2D eigenvalue weighted by molar-refractivity contribution is -0.121. The third-order valence-corrected chi connectivity index (χ3v) is 5.75. The van der Waals surface area contributed by atoms with Crippen molar-refractivity contribution in [3.05, 3.63) is 101 Å². The zero-order chi connectivity index (χ0) is 20.9. The number of amides is 1. The first-order chi connectivity index (χ1) is 14.6. The molecule has 1 saturated heterocycles. The van der Waals surface area contributed by atoms with Crippen LogP contribution in [0.25, 0.3) is 0 Å². The summed E-state index contributed by atoms with van der Waals surface area (Å²) in [5.74, 6) is -0.0438. The van der Waals surface area contributed by atoms with Crippen LogP contribution in [0.4, 0.5) is 10.1 Å². The maximum atomic E-state index is 13.7. The highest BCUT2D eigenvalue weighted by Gasteiger charge is 2.32. The molecule has 1 amide bonds. The van der Waals surface area contributed by atoms with Crippen molar-refractivity contribution >= 4 is 11.6 Å². The van der Waals surface area contributed by atoms with Gasteiger partial charge in [0.25, 0.3) is 0 Å². The summed E-state index contributed by atoms with van der Waals surface area (Å²) in [6.45, 7) is 4.25. The third kappa shape index (κ3) is 5.14. The molecule has 30 heavy (non-hydrogen) atoms. The monoisotopic (exact) mass is 402 g/mol. The second kappa shape index (κ2) is 9.23. The molecule has 0 bridgehead atoms. The summed E-state index contributed by atoms with van der Waals surface area (Å²) in [6, 6.07) is 24.8. The zero-order valence-electron chi connectivity index (χ0n) is 17.2. The van der Waals surface area contributed by atoms with Gasteiger partial charge in [-0.1, -0.05) is 60.2 Å². The molecule has 0 radical (unpaired) electrons. The number of benzene rings is 3. The number of rotatable bonds is 5. The number of likely N-dealkylation sites (tertiary alicyclic amines) is 1. The van der Waals surface area contributed by atoms with E-state index in [9.17, 15) is 9.18 Å². The third-order valence-electron chi connectivity index (χ3n) is 5.75. The number of para-hydroxylation sites is 1. The number of nitrogens with one attached hydrogen (secondary N) is 1. The maximum absolute atomic E-state index is 13.7. The molecule has 0 spiro atoms. The van der Waals surface area contributed by atoms with Gasteiger partial charge in [0.1, 0.15) is 5.82 Å². The molecule has 4 rings (SSSR count). The van der Waals surface area contributed by atoms with Crippen LogP contribution < -0.4 is 5.32 Å². The topological polar surface area (TPSA) is 32.3 Å². The Morgan fingerprint density at radius 1 is 1.00 bits per heavy atom. The van der Waals surface area contributed by atoms with Crippen LogP contribution in [0.15, 0.2) is 78.9 Å². The van der Waals surface area contributed by atoms with Gasteiger partial charge in [0, 0.05) is 25.3 Å². The largest absolute Gasteiger partial charge is 0.326 e. The lowest BCUT2D eigenvalue weighted by Gasteiger charge is -2.37. The molecule has 2 atom stereocenters. The fourth-order valence-corrected chi connectivity index (χ4v) is 4.33. The van der Waals surface area contributed by atoms with E-state index in [1.165, 1.54) is 17.2 Å². The predicted molar refractivity (Wildman–Crippen MR) is 119 cm³/mol. The lowest BCUT2D eigenvalue weighted by Crippen LogP contribution is -2.43. The van der Waals surface area contributed by atoms with Crippen molar-refractivity contribution in [3.8, 4) is 0 Å². The average molecular weight is 403 g/mol. The maximum Gasteiger partial charge on any atom is 0.228 e. The van der Waals surface area contributed by atoms with Crippen molar-refractivity contribution in [2.24, 2.45) is 5.92 Å². The number of aryl methyl sites for hydroxylation is 1. The zero-order valence-corrected chi connectivity index (χ0v) is 17.2. The van der Waals surface area contributed by atoms with Gasteiger partial charge in [-0.2, -0.15) is 0 Å². The number of piperidine rings is 1. The molecule has 0 aliphatic carbocycles. The van der Waals surface area contributed by atoms with Crippen LogP contribution in [0.5, 0.6) is 0 Å². The molecule has 3 aromatic rings. The quantitative estimate of drug-likeness (QED) is 0.622. The minimum atomic E-state index is -0.224. The van der Waals surface area contributed by atoms with Gasteiger partial charge in [0.05, 0.1) is 5.92 Å². The summed E-state index contributed by atoms with van der Waals surface area (Å²) in [5, 5.41) is 3.06. The molecule has 0 unspecified atom stereocenters. The van der Waals surface area contributed by atoms with Crippen LogP contribution in [-0.2, 0) is 11.3 Å². The molecule has 1 heterocycles. The Hall–Kier alpha value is -2.98. The molecule has 0 aromatic heterocycles. The van der Waals surface area contributed by atoms with Crippen LogP contribution in [0.3, 0.4) is 0 Å². The van der Waals surface area contributed by atoms with E-state index in [1.807, 2.05) is 36.4 Å². The van der Waals surface area contributed by atoms with E-state index in [-0.39, 0.29) is 23.6 Å². The smallest absolute Gasteiger partial charge is 0.228 e. The Kier molecular flexibility index (Phi) is 6.24. The first-order valence-corrected chi connectivity index (χ1v) is 10.5. The van der Waals surface area contributed by atoms with E-state index in [1.54, 1.807) is 12.1 Å². The normalized spacial score (nSPS) is 19.4. The first kappa shape index (κ1) is 20.3. The summed E-state index contributed by atoms with van der Waals surface area (Å²) in [5.41, 5.74) is 4.23. The van der Waals surface area contributed by atoms with Gasteiger partial charge in [-0.15, -0.1) is 0 Å². The molecule has 1 N–H and O–H groups in total. The summed E-state index contributed by atoms with van der Waals surface area (Å²) in [4.78, 5) is 15.3. The standard InChI is InChI=1S/C26H27FN2O/c1-19-7-5-9-21(13-19)22-15-23(26(30)28-25-11-3-2-4-12-25)18-29(17-22)16-20-8-6-10-24(27)14-20/h2-14,22-23H,15-18H2,1H3,(H,28,30)/t22-,23-/m1/s1. The van der Waals surface area contributed by atoms with Gasteiger partial charge in [0.2, 0.25) is 5.91 Å². The molecule has 1 aliphatic rings. The van der Waals surface area contributed by atoms with Crippen molar-refractivity contribution in [2.45, 2.75) is 25.8 Å². The number of carbonyl (C=O) groups is 1. The van der Waals surface area contributed by atoms with Gasteiger partial charge in [-0.05, 0) is 54.7 Å². The molecule has 1 aliphatic heterocycles. The van der Waals surface area contributed by atoms with Crippen molar-refractivity contribution < 1.29 is 9.18 Å². The second-order valence-corrected chi connectivity index (χ2v) is 8.22. The molecule has 4 heteroatoms. The lowest BCUT2D eigenvalue weighted by atomic mass is 9.83. The van der Waals surface area contributed by atoms with E-state index in [4.69, 9.17) is 0 Å². The van der Waals surface area contributed by atoms with E-state index < -0.39 is 0 Å². The Labute approximate surface area is 177 Å². The number of hydrogen-bond acceptors (Lipinski definition) is 2. The van der Waals surface area contributed by atoms with Crippen LogP contribution in [0.1, 0.15) is 29.0 Å². The van der Waals surface area contributed by atoms with Crippen molar-refractivity contribution in [2.75, 3.05) is 18.4 Å². The summed E-state index contributed by atoms with van der Waals surface area (Å²) in [7, 11) is 0. The fraction of sp³-hybridized carbons (Fsp3) is 0.269. The van der Waals surface area contributed by atoms with E-state index in [0.29, 0.717) is 13.1 Å². The summed E-state index contributed by atoms with van der Waals surface area (Å²) >= 11 is 0. The highest BCUT2D eigenvalue weighted by Crippen LogP contribution is 2.32. The highest BCUT2D eigenvalue weighted by molar-refractivity contribution is 5.92. The molecular formula is C26H27FN2O.